The molecule has 0 amide bonds. The third kappa shape index (κ3) is 3.27. The summed E-state index contributed by atoms with van der Waals surface area (Å²) in [6.07, 6.45) is 2.79. The molecular weight excluding hydrogens is 363 g/mol. The van der Waals surface area contributed by atoms with Crippen molar-refractivity contribution in [2.75, 3.05) is 0 Å². The van der Waals surface area contributed by atoms with Gasteiger partial charge in [-0.25, -0.2) is 19.2 Å². The number of esters is 1. The number of nitrogens with one attached hydrogen (secondary N) is 1. The molecule has 140 valence electrons. The highest BCUT2D eigenvalue weighted by Crippen LogP contribution is 2.15. The van der Waals surface area contributed by atoms with Gasteiger partial charge in [-0.3, -0.25) is 9.36 Å². The molecule has 4 rings (SSSR count). The van der Waals surface area contributed by atoms with Crippen LogP contribution in [-0.4, -0.2) is 25.5 Å². The number of carbonyl (C=O) groups excluding carboxylic acids is 1. The van der Waals surface area contributed by atoms with Gasteiger partial charge in [0.05, 0.1) is 23.4 Å². The second kappa shape index (κ2) is 7.07. The Morgan fingerprint density at radius 3 is 2.79 bits per heavy atom. The summed E-state index contributed by atoms with van der Waals surface area (Å²) < 4.78 is 19.9. The van der Waals surface area contributed by atoms with Crippen LogP contribution in [0.25, 0.3) is 16.6 Å². The van der Waals surface area contributed by atoms with E-state index >= 15 is 0 Å². The molecule has 0 saturated heterocycles. The number of rotatable bonds is 4. The molecule has 4 aromatic rings. The molecule has 1 N–H and O–H groups in total. The number of carbonyl (C=O) groups is 1. The number of nitrogens with zero attached hydrogens (tertiary/aromatic N) is 3. The second-order valence-electron chi connectivity index (χ2n) is 6.19. The van der Waals surface area contributed by atoms with Gasteiger partial charge in [-0.2, -0.15) is 0 Å². The van der Waals surface area contributed by atoms with Crippen LogP contribution in [0.4, 0.5) is 4.39 Å². The fourth-order valence-corrected chi connectivity index (χ4v) is 2.88. The van der Waals surface area contributed by atoms with Crippen LogP contribution in [-0.2, 0) is 11.3 Å². The van der Waals surface area contributed by atoms with E-state index in [-0.39, 0.29) is 29.5 Å². The quantitative estimate of drug-likeness (QED) is 0.552. The number of aromatic amines is 1. The molecular formula is C20H15FN4O3. The Morgan fingerprint density at radius 1 is 1.21 bits per heavy atom. The Labute approximate surface area is 158 Å². The molecule has 0 spiro atoms. The maximum Gasteiger partial charge on any atom is 0.357 e. The zero-order chi connectivity index (χ0) is 19.7. The molecule has 0 unspecified atom stereocenters. The van der Waals surface area contributed by atoms with E-state index in [2.05, 4.69) is 15.0 Å². The van der Waals surface area contributed by atoms with Crippen LogP contribution in [0.1, 0.15) is 21.9 Å². The molecule has 0 aliphatic rings. The summed E-state index contributed by atoms with van der Waals surface area (Å²) in [7, 11) is 0. The van der Waals surface area contributed by atoms with Crippen molar-refractivity contribution in [2.45, 2.75) is 13.5 Å². The average Bonchev–Trinajstić information content (AvgIpc) is 3.17. The van der Waals surface area contributed by atoms with E-state index in [0.29, 0.717) is 16.6 Å². The molecule has 0 fully saturated rings. The van der Waals surface area contributed by atoms with E-state index in [0.717, 1.165) is 5.56 Å². The lowest BCUT2D eigenvalue weighted by Gasteiger charge is -2.09. The van der Waals surface area contributed by atoms with Crippen LogP contribution in [0.2, 0.25) is 0 Å². The number of aryl methyl sites for hydroxylation is 1. The highest BCUT2D eigenvalue weighted by Gasteiger charge is 2.16. The Kier molecular flexibility index (Phi) is 4.44. The summed E-state index contributed by atoms with van der Waals surface area (Å²) in [5.41, 5.74) is 1.86. The Balaban J connectivity index is 1.57. The normalized spacial score (nSPS) is 10.9. The Hall–Kier alpha value is -3.81. The SMILES string of the molecule is Cc1cccc2c(=O)[nH]c(COC(=O)c3cncn3-c3ccc(F)cc3)nc12. The average molecular weight is 378 g/mol. The summed E-state index contributed by atoms with van der Waals surface area (Å²) in [6, 6.07) is 11.0. The third-order valence-electron chi connectivity index (χ3n) is 4.28. The van der Waals surface area contributed by atoms with Gasteiger partial charge in [0, 0.05) is 5.69 Å². The smallest absolute Gasteiger partial charge is 0.357 e. The Morgan fingerprint density at radius 2 is 2.00 bits per heavy atom. The molecule has 2 aromatic heterocycles. The van der Waals surface area contributed by atoms with E-state index < -0.39 is 5.97 Å². The minimum Gasteiger partial charge on any atom is -0.453 e. The zero-order valence-electron chi connectivity index (χ0n) is 14.8. The number of para-hydroxylation sites is 1. The third-order valence-corrected chi connectivity index (χ3v) is 4.28. The summed E-state index contributed by atoms with van der Waals surface area (Å²) in [6.45, 7) is 1.65. The first-order chi connectivity index (χ1) is 13.5. The van der Waals surface area contributed by atoms with Crippen molar-refractivity contribution in [3.8, 4) is 5.69 Å². The van der Waals surface area contributed by atoms with E-state index in [1.54, 1.807) is 12.1 Å². The summed E-state index contributed by atoms with van der Waals surface area (Å²) in [4.78, 5) is 35.7. The maximum absolute atomic E-state index is 13.1. The van der Waals surface area contributed by atoms with Crippen molar-refractivity contribution >= 4 is 16.9 Å². The molecule has 8 heteroatoms. The van der Waals surface area contributed by atoms with Gasteiger partial charge in [-0.1, -0.05) is 12.1 Å². The van der Waals surface area contributed by atoms with Gasteiger partial charge >= 0.3 is 5.97 Å². The van der Waals surface area contributed by atoms with Crippen LogP contribution >= 0.6 is 0 Å². The minimum atomic E-state index is -0.644. The number of halogens is 1. The van der Waals surface area contributed by atoms with Gasteiger partial charge in [0.2, 0.25) is 0 Å². The van der Waals surface area contributed by atoms with Crippen molar-refractivity contribution in [1.29, 1.82) is 0 Å². The van der Waals surface area contributed by atoms with Crippen LogP contribution in [0, 0.1) is 12.7 Å². The Bertz CT molecular complexity index is 1230. The fraction of sp³-hybridized carbons (Fsp3) is 0.100. The molecule has 0 aliphatic heterocycles. The minimum absolute atomic E-state index is 0.172. The lowest BCUT2D eigenvalue weighted by molar-refractivity contribution is 0.0453. The molecule has 2 heterocycles. The molecule has 0 saturated carbocycles. The zero-order valence-corrected chi connectivity index (χ0v) is 14.8. The standard InChI is InChI=1S/C20H15FN4O3/c1-12-3-2-4-15-18(12)23-17(24-19(15)26)10-28-20(27)16-9-22-11-25(16)14-7-5-13(21)6-8-14/h2-9,11H,10H2,1H3,(H,23,24,26). The highest BCUT2D eigenvalue weighted by atomic mass is 19.1. The molecule has 7 nitrogen and oxygen atoms in total. The van der Waals surface area contributed by atoms with Gasteiger partial charge < -0.3 is 9.72 Å². The lowest BCUT2D eigenvalue weighted by atomic mass is 10.1. The number of aromatic nitrogens is 4. The van der Waals surface area contributed by atoms with Gasteiger partial charge in [0.25, 0.3) is 5.56 Å². The summed E-state index contributed by atoms with van der Waals surface area (Å²) in [5.74, 6) is -0.781. The number of benzene rings is 2. The van der Waals surface area contributed by atoms with Crippen molar-refractivity contribution in [3.63, 3.8) is 0 Å². The first kappa shape index (κ1) is 17.6. The number of hydrogen-bond acceptors (Lipinski definition) is 5. The second-order valence-corrected chi connectivity index (χ2v) is 6.19. The van der Waals surface area contributed by atoms with Crippen LogP contribution in [0.3, 0.4) is 0 Å². The van der Waals surface area contributed by atoms with E-state index in [4.69, 9.17) is 4.74 Å². The maximum atomic E-state index is 13.1. The van der Waals surface area contributed by atoms with Crippen molar-refractivity contribution in [3.05, 3.63) is 88.2 Å². The van der Waals surface area contributed by atoms with Gasteiger partial charge in [-0.05, 0) is 42.8 Å². The summed E-state index contributed by atoms with van der Waals surface area (Å²) >= 11 is 0. The molecule has 0 radical (unpaired) electrons. The first-order valence-electron chi connectivity index (χ1n) is 8.47. The van der Waals surface area contributed by atoms with E-state index in [1.165, 1.54) is 41.4 Å². The molecule has 0 bridgehead atoms. The first-order valence-corrected chi connectivity index (χ1v) is 8.47. The number of ether oxygens (including phenoxy) is 1. The molecule has 2 aromatic carbocycles. The monoisotopic (exact) mass is 378 g/mol. The number of imidazole rings is 1. The van der Waals surface area contributed by atoms with Gasteiger partial charge in [0.1, 0.15) is 18.2 Å². The molecule has 28 heavy (non-hydrogen) atoms. The topological polar surface area (TPSA) is 89.9 Å². The van der Waals surface area contributed by atoms with Crippen LogP contribution < -0.4 is 5.56 Å². The predicted octanol–water partition coefficient (Wildman–Crippen LogP) is 2.91. The number of hydrogen-bond donors (Lipinski definition) is 1. The fourth-order valence-electron chi connectivity index (χ4n) is 2.88. The van der Waals surface area contributed by atoms with Gasteiger partial charge in [-0.15, -0.1) is 0 Å². The highest BCUT2D eigenvalue weighted by molar-refractivity contribution is 5.88. The van der Waals surface area contributed by atoms with E-state index in [1.807, 2.05) is 13.0 Å². The predicted molar refractivity (Wildman–Crippen MR) is 99.7 cm³/mol. The van der Waals surface area contributed by atoms with Crippen molar-refractivity contribution < 1.29 is 13.9 Å². The molecule has 0 atom stereocenters. The van der Waals surface area contributed by atoms with Crippen molar-refractivity contribution in [1.82, 2.24) is 19.5 Å². The number of fused-ring (bicyclic) bond motifs is 1. The van der Waals surface area contributed by atoms with Crippen molar-refractivity contribution in [2.24, 2.45) is 0 Å². The van der Waals surface area contributed by atoms with Gasteiger partial charge in [0.15, 0.2) is 5.69 Å². The lowest BCUT2D eigenvalue weighted by Crippen LogP contribution is -2.16. The van der Waals surface area contributed by atoms with Crippen LogP contribution in [0.5, 0.6) is 0 Å². The molecule has 0 aliphatic carbocycles. The van der Waals surface area contributed by atoms with Crippen LogP contribution in [0.15, 0.2) is 59.8 Å². The summed E-state index contributed by atoms with van der Waals surface area (Å²) in [5, 5.41) is 0.476. The van der Waals surface area contributed by atoms with E-state index in [9.17, 15) is 14.0 Å². The number of H-pyrrole nitrogens is 1. The largest absolute Gasteiger partial charge is 0.453 e.